The summed E-state index contributed by atoms with van der Waals surface area (Å²) in [6.07, 6.45) is 0.764. The van der Waals surface area contributed by atoms with Crippen LogP contribution in [0.25, 0.3) is 0 Å². The van der Waals surface area contributed by atoms with Crippen molar-refractivity contribution in [3.8, 4) is 0 Å². The molecule has 0 aliphatic rings. The number of esters is 1. The third-order valence-corrected chi connectivity index (χ3v) is 2.28. The Labute approximate surface area is 105 Å². The lowest BCUT2D eigenvalue weighted by Crippen LogP contribution is -2.30. The Hall–Kier alpha value is -1.92. The Kier molecular flexibility index (Phi) is 5.29. The SMILES string of the molecule is NC(N)CCCOC(=O)c1ccc(C(=O)O)cc1. The first-order valence-corrected chi connectivity index (χ1v) is 5.52. The maximum absolute atomic E-state index is 11.5. The molecule has 0 heterocycles. The van der Waals surface area contributed by atoms with E-state index in [1.54, 1.807) is 0 Å². The van der Waals surface area contributed by atoms with Crippen LogP contribution < -0.4 is 11.5 Å². The summed E-state index contributed by atoms with van der Waals surface area (Å²) in [5, 5.41) is 8.70. The van der Waals surface area contributed by atoms with E-state index in [2.05, 4.69) is 0 Å². The van der Waals surface area contributed by atoms with Gasteiger partial charge >= 0.3 is 11.9 Å². The topological polar surface area (TPSA) is 116 Å². The normalized spacial score (nSPS) is 10.4. The number of rotatable bonds is 6. The molecule has 0 bridgehead atoms. The number of carbonyl (C=O) groups excluding carboxylic acids is 1. The van der Waals surface area contributed by atoms with Gasteiger partial charge in [-0.1, -0.05) is 0 Å². The molecule has 0 amide bonds. The van der Waals surface area contributed by atoms with Gasteiger partial charge in [-0.05, 0) is 37.1 Å². The van der Waals surface area contributed by atoms with Crippen LogP contribution in [-0.2, 0) is 4.74 Å². The second-order valence-corrected chi connectivity index (χ2v) is 3.82. The van der Waals surface area contributed by atoms with Crippen LogP contribution in [0.4, 0.5) is 0 Å². The number of nitrogens with two attached hydrogens (primary N) is 2. The van der Waals surface area contributed by atoms with Crippen LogP contribution in [0, 0.1) is 0 Å². The van der Waals surface area contributed by atoms with Crippen molar-refractivity contribution < 1.29 is 19.4 Å². The molecule has 6 nitrogen and oxygen atoms in total. The minimum atomic E-state index is -1.04. The van der Waals surface area contributed by atoms with Crippen LogP contribution >= 0.6 is 0 Å². The lowest BCUT2D eigenvalue weighted by Gasteiger charge is -2.06. The summed E-state index contributed by atoms with van der Waals surface area (Å²) in [4.78, 5) is 22.2. The lowest BCUT2D eigenvalue weighted by atomic mass is 10.1. The summed E-state index contributed by atoms with van der Waals surface area (Å²) in [6, 6.07) is 5.55. The van der Waals surface area contributed by atoms with Crippen molar-refractivity contribution in [1.82, 2.24) is 0 Å². The fourth-order valence-corrected chi connectivity index (χ4v) is 1.32. The van der Waals surface area contributed by atoms with Crippen LogP contribution in [-0.4, -0.2) is 29.8 Å². The summed E-state index contributed by atoms with van der Waals surface area (Å²) >= 11 is 0. The third kappa shape index (κ3) is 4.52. The predicted molar refractivity (Wildman–Crippen MR) is 65.1 cm³/mol. The van der Waals surface area contributed by atoms with Gasteiger partial charge in [0.2, 0.25) is 0 Å². The van der Waals surface area contributed by atoms with Crippen molar-refractivity contribution in [2.75, 3.05) is 6.61 Å². The third-order valence-electron chi connectivity index (χ3n) is 2.28. The monoisotopic (exact) mass is 252 g/mol. The summed E-state index contributed by atoms with van der Waals surface area (Å²) < 4.78 is 4.98. The number of carbonyl (C=O) groups is 2. The number of ether oxygens (including phenoxy) is 1. The van der Waals surface area contributed by atoms with Crippen LogP contribution in [0.3, 0.4) is 0 Å². The highest BCUT2D eigenvalue weighted by molar-refractivity contribution is 5.92. The highest BCUT2D eigenvalue weighted by atomic mass is 16.5. The average Bonchev–Trinajstić information content (AvgIpc) is 2.34. The van der Waals surface area contributed by atoms with Gasteiger partial charge in [0.05, 0.1) is 23.9 Å². The van der Waals surface area contributed by atoms with Gasteiger partial charge in [-0.3, -0.25) is 0 Å². The van der Waals surface area contributed by atoms with Crippen molar-refractivity contribution in [1.29, 1.82) is 0 Å². The fraction of sp³-hybridized carbons (Fsp3) is 0.333. The molecule has 0 saturated carbocycles. The van der Waals surface area contributed by atoms with Crippen LogP contribution in [0.15, 0.2) is 24.3 Å². The van der Waals surface area contributed by atoms with E-state index in [-0.39, 0.29) is 12.2 Å². The van der Waals surface area contributed by atoms with Gasteiger partial charge in [0.25, 0.3) is 0 Å². The fourth-order valence-electron chi connectivity index (χ4n) is 1.32. The van der Waals surface area contributed by atoms with Gasteiger partial charge in [-0.25, -0.2) is 9.59 Å². The van der Waals surface area contributed by atoms with Gasteiger partial charge in [-0.15, -0.1) is 0 Å². The van der Waals surface area contributed by atoms with Gasteiger partial charge in [0.15, 0.2) is 0 Å². The summed E-state index contributed by atoms with van der Waals surface area (Å²) in [5.74, 6) is -1.52. The van der Waals surface area contributed by atoms with Crippen LogP contribution in [0.5, 0.6) is 0 Å². The van der Waals surface area contributed by atoms with E-state index < -0.39 is 18.1 Å². The lowest BCUT2D eigenvalue weighted by molar-refractivity contribution is 0.0495. The molecule has 0 aromatic heterocycles. The van der Waals surface area contributed by atoms with Crippen molar-refractivity contribution in [2.24, 2.45) is 11.5 Å². The molecule has 18 heavy (non-hydrogen) atoms. The average molecular weight is 252 g/mol. The first kappa shape index (κ1) is 14.1. The minimum absolute atomic E-state index is 0.126. The van der Waals surface area contributed by atoms with E-state index in [0.717, 1.165) is 0 Å². The molecule has 98 valence electrons. The summed E-state index contributed by atoms with van der Waals surface area (Å²) in [7, 11) is 0. The zero-order valence-electron chi connectivity index (χ0n) is 9.83. The molecule has 0 unspecified atom stereocenters. The molecule has 5 N–H and O–H groups in total. The van der Waals surface area contributed by atoms with E-state index in [1.807, 2.05) is 0 Å². The number of hydrogen-bond acceptors (Lipinski definition) is 5. The van der Waals surface area contributed by atoms with Crippen molar-refractivity contribution in [3.63, 3.8) is 0 Å². The molecule has 0 aliphatic carbocycles. The van der Waals surface area contributed by atoms with Gasteiger partial charge in [0.1, 0.15) is 0 Å². The van der Waals surface area contributed by atoms with E-state index in [0.29, 0.717) is 18.4 Å². The number of benzene rings is 1. The van der Waals surface area contributed by atoms with Crippen molar-refractivity contribution >= 4 is 11.9 Å². The zero-order valence-corrected chi connectivity index (χ0v) is 9.83. The Bertz CT molecular complexity index is 415. The molecule has 0 saturated heterocycles. The molecule has 0 fully saturated rings. The number of carboxylic acid groups (broad SMARTS) is 1. The Balaban J connectivity index is 2.44. The maximum Gasteiger partial charge on any atom is 0.338 e. The number of aromatic carboxylic acids is 1. The molecule has 0 atom stereocenters. The van der Waals surface area contributed by atoms with Gasteiger partial charge in [-0.2, -0.15) is 0 Å². The van der Waals surface area contributed by atoms with E-state index >= 15 is 0 Å². The standard InChI is InChI=1S/C12H16N2O4/c13-10(14)2-1-7-18-12(17)9-5-3-8(4-6-9)11(15)16/h3-6,10H,1-2,7,13-14H2,(H,15,16). The van der Waals surface area contributed by atoms with Crippen molar-refractivity contribution in [3.05, 3.63) is 35.4 Å². The molecule has 1 aromatic rings. The molecule has 1 rings (SSSR count). The second kappa shape index (κ2) is 6.73. The Morgan fingerprint density at radius 2 is 1.72 bits per heavy atom. The highest BCUT2D eigenvalue weighted by Crippen LogP contribution is 2.06. The van der Waals surface area contributed by atoms with Gasteiger partial charge < -0.3 is 21.3 Å². The molecule has 0 aliphatic heterocycles. The zero-order chi connectivity index (χ0) is 13.5. The smallest absolute Gasteiger partial charge is 0.338 e. The van der Waals surface area contributed by atoms with Crippen molar-refractivity contribution in [2.45, 2.75) is 19.0 Å². The number of carboxylic acids is 1. The van der Waals surface area contributed by atoms with Gasteiger partial charge in [0, 0.05) is 0 Å². The highest BCUT2D eigenvalue weighted by Gasteiger charge is 2.08. The molecular weight excluding hydrogens is 236 g/mol. The molecule has 0 radical (unpaired) electrons. The van der Waals surface area contributed by atoms with Crippen LogP contribution in [0.1, 0.15) is 33.6 Å². The molecular formula is C12H16N2O4. The van der Waals surface area contributed by atoms with E-state index in [9.17, 15) is 9.59 Å². The van der Waals surface area contributed by atoms with Crippen LogP contribution in [0.2, 0.25) is 0 Å². The largest absolute Gasteiger partial charge is 0.478 e. The van der Waals surface area contributed by atoms with E-state index in [4.69, 9.17) is 21.3 Å². The van der Waals surface area contributed by atoms with E-state index in [1.165, 1.54) is 24.3 Å². The minimum Gasteiger partial charge on any atom is -0.478 e. The quantitative estimate of drug-likeness (QED) is 0.387. The second-order valence-electron chi connectivity index (χ2n) is 3.82. The number of hydrogen-bond donors (Lipinski definition) is 3. The molecule has 0 spiro atoms. The first-order chi connectivity index (χ1) is 8.50. The molecule has 1 aromatic carbocycles. The first-order valence-electron chi connectivity index (χ1n) is 5.52. The summed E-state index contributed by atoms with van der Waals surface area (Å²) in [6.45, 7) is 0.240. The maximum atomic E-state index is 11.5. The molecule has 6 heteroatoms. The Morgan fingerprint density at radius 3 is 2.22 bits per heavy atom. The predicted octanol–water partition coefficient (Wildman–Crippen LogP) is 0.565. The Morgan fingerprint density at radius 1 is 1.17 bits per heavy atom. The summed E-state index contributed by atoms with van der Waals surface area (Å²) in [5.41, 5.74) is 11.1.